The lowest BCUT2D eigenvalue weighted by Crippen LogP contribution is -2.41. The lowest BCUT2D eigenvalue weighted by atomic mass is 9.86. The third kappa shape index (κ3) is 4.86. The number of benzene rings is 1. The summed E-state index contributed by atoms with van der Waals surface area (Å²) in [7, 11) is 0. The van der Waals surface area contributed by atoms with Gasteiger partial charge in [-0.2, -0.15) is 0 Å². The maximum absolute atomic E-state index is 12.2. The van der Waals surface area contributed by atoms with Gasteiger partial charge in [0, 0.05) is 44.8 Å². The number of aliphatic carboxylic acids is 1. The van der Waals surface area contributed by atoms with Gasteiger partial charge in [-0.1, -0.05) is 18.2 Å². The van der Waals surface area contributed by atoms with Gasteiger partial charge in [-0.05, 0) is 36.8 Å². The molecule has 1 aromatic carbocycles. The summed E-state index contributed by atoms with van der Waals surface area (Å²) < 4.78 is 5.28. The third-order valence-electron chi connectivity index (χ3n) is 5.43. The van der Waals surface area contributed by atoms with E-state index in [1.165, 1.54) is 0 Å². The van der Waals surface area contributed by atoms with Crippen molar-refractivity contribution < 1.29 is 24.2 Å². The Kier molecular flexibility index (Phi) is 6.45. The van der Waals surface area contributed by atoms with E-state index in [0.29, 0.717) is 39.0 Å². The van der Waals surface area contributed by atoms with Crippen molar-refractivity contribution in [2.45, 2.75) is 32.1 Å². The molecule has 2 aliphatic rings. The summed E-state index contributed by atoms with van der Waals surface area (Å²) in [5.74, 6) is -1.68. The van der Waals surface area contributed by atoms with Crippen LogP contribution in [0.5, 0.6) is 0 Å². The van der Waals surface area contributed by atoms with Crippen LogP contribution in [0, 0.1) is 11.8 Å². The number of hydrogen-bond acceptors (Lipinski definition) is 4. The first-order valence-corrected chi connectivity index (χ1v) is 9.52. The number of amides is 2. The predicted molar refractivity (Wildman–Crippen MR) is 99.4 cm³/mol. The number of para-hydroxylation sites is 1. The lowest BCUT2D eigenvalue weighted by Gasteiger charge is -2.29. The first-order valence-electron chi connectivity index (χ1n) is 9.52. The second kappa shape index (κ2) is 8.99. The highest BCUT2D eigenvalue weighted by molar-refractivity contribution is 5.97. The van der Waals surface area contributed by atoms with E-state index in [-0.39, 0.29) is 30.7 Å². The summed E-state index contributed by atoms with van der Waals surface area (Å²) in [6.45, 7) is 1.55. The smallest absolute Gasteiger partial charge is 0.308 e. The van der Waals surface area contributed by atoms with Crippen molar-refractivity contribution in [1.29, 1.82) is 0 Å². The van der Waals surface area contributed by atoms with Crippen LogP contribution in [0.3, 0.4) is 0 Å². The van der Waals surface area contributed by atoms with Gasteiger partial charge in [0.2, 0.25) is 11.8 Å². The highest BCUT2D eigenvalue weighted by Gasteiger charge is 2.30. The molecule has 0 aromatic heterocycles. The number of rotatable bonds is 7. The molecule has 1 aromatic rings. The van der Waals surface area contributed by atoms with E-state index in [1.807, 2.05) is 24.3 Å². The molecule has 27 heavy (non-hydrogen) atoms. The maximum atomic E-state index is 12.2. The molecule has 0 bridgehead atoms. The van der Waals surface area contributed by atoms with Crippen LogP contribution in [-0.4, -0.2) is 49.2 Å². The van der Waals surface area contributed by atoms with E-state index in [9.17, 15) is 19.5 Å². The molecule has 0 spiro atoms. The summed E-state index contributed by atoms with van der Waals surface area (Å²) in [5, 5.41) is 12.2. The molecule has 7 heteroatoms. The van der Waals surface area contributed by atoms with Crippen LogP contribution in [0.1, 0.15) is 31.2 Å². The summed E-state index contributed by atoms with van der Waals surface area (Å²) in [6.07, 6.45) is 2.73. The number of nitrogens with zero attached hydrogens (tertiary/aromatic N) is 1. The fourth-order valence-electron chi connectivity index (χ4n) is 3.84. The van der Waals surface area contributed by atoms with Crippen molar-refractivity contribution in [2.75, 3.05) is 31.2 Å². The average molecular weight is 374 g/mol. The molecule has 3 rings (SSSR count). The molecular weight excluding hydrogens is 348 g/mol. The van der Waals surface area contributed by atoms with Crippen molar-refractivity contribution in [3.05, 3.63) is 29.8 Å². The maximum Gasteiger partial charge on any atom is 0.308 e. The van der Waals surface area contributed by atoms with Crippen LogP contribution < -0.4 is 10.2 Å². The number of anilines is 1. The first kappa shape index (κ1) is 19.4. The highest BCUT2D eigenvalue weighted by Crippen LogP contribution is 2.27. The Labute approximate surface area is 158 Å². The molecule has 7 nitrogen and oxygen atoms in total. The van der Waals surface area contributed by atoms with Crippen LogP contribution >= 0.6 is 0 Å². The zero-order valence-corrected chi connectivity index (χ0v) is 15.4. The van der Waals surface area contributed by atoms with E-state index in [2.05, 4.69) is 5.32 Å². The average Bonchev–Trinajstić information content (AvgIpc) is 2.68. The molecule has 2 aliphatic heterocycles. The van der Waals surface area contributed by atoms with Gasteiger partial charge in [0.15, 0.2) is 0 Å². The van der Waals surface area contributed by atoms with E-state index < -0.39 is 11.9 Å². The second-order valence-corrected chi connectivity index (χ2v) is 7.12. The summed E-state index contributed by atoms with van der Waals surface area (Å²) in [6, 6.07) is 7.73. The molecule has 0 radical (unpaired) electrons. The van der Waals surface area contributed by atoms with Crippen LogP contribution in [0.15, 0.2) is 24.3 Å². The number of ether oxygens (including phenoxy) is 1. The molecule has 0 aliphatic carbocycles. The number of carboxylic acids is 1. The number of carbonyl (C=O) groups excluding carboxylic acids is 2. The van der Waals surface area contributed by atoms with Gasteiger partial charge in [0.1, 0.15) is 0 Å². The fourth-order valence-corrected chi connectivity index (χ4v) is 3.84. The molecule has 1 atom stereocenters. The molecule has 146 valence electrons. The molecule has 2 heterocycles. The normalized spacial score (nSPS) is 18.7. The van der Waals surface area contributed by atoms with Gasteiger partial charge in [-0.3, -0.25) is 14.4 Å². The van der Waals surface area contributed by atoms with E-state index in [1.54, 1.807) is 4.90 Å². The molecular formula is C20H26N2O5. The van der Waals surface area contributed by atoms with Gasteiger partial charge >= 0.3 is 5.97 Å². The zero-order valence-electron chi connectivity index (χ0n) is 15.4. The Balaban J connectivity index is 1.52. The van der Waals surface area contributed by atoms with Gasteiger partial charge in [0.25, 0.3) is 0 Å². The third-order valence-corrected chi connectivity index (χ3v) is 5.43. The number of nitrogens with one attached hydrogen (secondary N) is 1. The Morgan fingerprint density at radius 1 is 1.22 bits per heavy atom. The van der Waals surface area contributed by atoms with Gasteiger partial charge < -0.3 is 20.1 Å². The Bertz CT molecular complexity index is 699. The number of aryl methyl sites for hydroxylation is 1. The number of carboxylic acid groups (broad SMARTS) is 1. The zero-order chi connectivity index (χ0) is 19.2. The number of fused-ring (bicyclic) bond motifs is 1. The molecule has 1 unspecified atom stereocenters. The van der Waals surface area contributed by atoms with Gasteiger partial charge in [-0.25, -0.2) is 0 Å². The van der Waals surface area contributed by atoms with Crippen LogP contribution in [0.4, 0.5) is 5.69 Å². The van der Waals surface area contributed by atoms with Crippen molar-refractivity contribution in [1.82, 2.24) is 5.32 Å². The standard InChI is InChI=1S/C20H26N2O5/c23-18(21-13-16(20(25)26)14-8-11-27-12-9-14)7-10-22-17-4-2-1-3-15(17)5-6-19(22)24/h1-4,14,16H,5-13H2,(H,21,23)(H,25,26). The SMILES string of the molecule is O=C(CCN1C(=O)CCc2ccccc21)NCC(C(=O)O)C1CCOCC1. The molecule has 2 amide bonds. The summed E-state index contributed by atoms with van der Waals surface area (Å²) in [5.41, 5.74) is 1.98. The minimum atomic E-state index is -0.887. The van der Waals surface area contributed by atoms with E-state index in [0.717, 1.165) is 17.7 Å². The molecule has 1 fully saturated rings. The fraction of sp³-hybridized carbons (Fsp3) is 0.550. The van der Waals surface area contributed by atoms with E-state index >= 15 is 0 Å². The van der Waals surface area contributed by atoms with Crippen molar-refractivity contribution in [3.63, 3.8) is 0 Å². The molecule has 2 N–H and O–H groups in total. The van der Waals surface area contributed by atoms with Crippen LogP contribution in [0.25, 0.3) is 0 Å². The van der Waals surface area contributed by atoms with Crippen molar-refractivity contribution >= 4 is 23.5 Å². The number of carbonyl (C=O) groups is 3. The van der Waals surface area contributed by atoms with Crippen LogP contribution in [0.2, 0.25) is 0 Å². The minimum absolute atomic E-state index is 0.0205. The lowest BCUT2D eigenvalue weighted by molar-refractivity contribution is -0.145. The number of hydrogen-bond donors (Lipinski definition) is 2. The van der Waals surface area contributed by atoms with Crippen LogP contribution in [-0.2, 0) is 25.5 Å². The molecule has 0 saturated carbocycles. The second-order valence-electron chi connectivity index (χ2n) is 7.12. The quantitative estimate of drug-likeness (QED) is 0.756. The van der Waals surface area contributed by atoms with E-state index in [4.69, 9.17) is 4.74 Å². The molecule has 1 saturated heterocycles. The largest absolute Gasteiger partial charge is 0.481 e. The first-order chi connectivity index (χ1) is 13.1. The minimum Gasteiger partial charge on any atom is -0.481 e. The topological polar surface area (TPSA) is 95.9 Å². The van der Waals surface area contributed by atoms with Crippen molar-refractivity contribution in [3.8, 4) is 0 Å². The Morgan fingerprint density at radius 3 is 2.70 bits per heavy atom. The summed E-state index contributed by atoms with van der Waals surface area (Å²) in [4.78, 5) is 37.7. The van der Waals surface area contributed by atoms with Gasteiger partial charge in [-0.15, -0.1) is 0 Å². The predicted octanol–water partition coefficient (Wildman–Crippen LogP) is 1.60. The monoisotopic (exact) mass is 374 g/mol. The van der Waals surface area contributed by atoms with Crippen molar-refractivity contribution in [2.24, 2.45) is 11.8 Å². The Hall–Kier alpha value is -2.41. The summed E-state index contributed by atoms with van der Waals surface area (Å²) >= 11 is 0. The highest BCUT2D eigenvalue weighted by atomic mass is 16.5. The Morgan fingerprint density at radius 2 is 1.96 bits per heavy atom. The van der Waals surface area contributed by atoms with Gasteiger partial charge in [0.05, 0.1) is 5.92 Å².